The summed E-state index contributed by atoms with van der Waals surface area (Å²) in [5.74, 6) is 0.552. The van der Waals surface area contributed by atoms with Gasteiger partial charge in [-0.2, -0.15) is 0 Å². The molecule has 0 radical (unpaired) electrons. The smallest absolute Gasteiger partial charge is 0.307 e. The van der Waals surface area contributed by atoms with Gasteiger partial charge in [0.25, 0.3) is 0 Å². The quantitative estimate of drug-likeness (QED) is 0.768. The van der Waals surface area contributed by atoms with E-state index in [0.29, 0.717) is 24.3 Å². The Hall–Kier alpha value is -0.830. The zero-order chi connectivity index (χ0) is 14.4. The molecule has 108 valence electrons. The average Bonchev–Trinajstić information content (AvgIpc) is 2.61. The van der Waals surface area contributed by atoms with Gasteiger partial charge in [-0.05, 0) is 42.6 Å². The zero-order valence-electron chi connectivity index (χ0n) is 12.5. The third kappa shape index (κ3) is 2.03. The summed E-state index contributed by atoms with van der Waals surface area (Å²) in [4.78, 5) is 11.8. The molecular weight excluding hydrogens is 238 g/mol. The number of hydrogen-bond acceptors (Lipinski definition) is 2. The van der Waals surface area contributed by atoms with Gasteiger partial charge in [-0.3, -0.25) is 4.79 Å². The molecule has 2 aliphatic carbocycles. The van der Waals surface area contributed by atoms with Crippen molar-refractivity contribution in [2.24, 2.45) is 40.2 Å². The van der Waals surface area contributed by atoms with E-state index < -0.39 is 5.97 Å². The summed E-state index contributed by atoms with van der Waals surface area (Å²) in [6.07, 6.45) is 6.64. The van der Waals surface area contributed by atoms with Crippen molar-refractivity contribution in [3.8, 4) is 0 Å². The van der Waals surface area contributed by atoms with Gasteiger partial charge in [-0.15, -0.1) is 0 Å². The lowest BCUT2D eigenvalue weighted by Crippen LogP contribution is -2.60. The third-order valence-corrected chi connectivity index (χ3v) is 5.40. The molecule has 3 heteroatoms. The molecular formula is C16H27NO2. The number of carbonyl (C=O) groups is 1. The standard InChI is InChI=1S/C16H27NO2/c1-5-10-6-7-12-11(10)8-16(12,9-17)13(14(18)19)15(2,3)4/h6-7,10-13H,5,8-9,17H2,1-4H3,(H,18,19)/t10?,11-,12+,13?,16-/m0/s1. The molecule has 2 unspecified atom stereocenters. The maximum Gasteiger partial charge on any atom is 0.307 e. The summed E-state index contributed by atoms with van der Waals surface area (Å²) in [5, 5.41) is 9.70. The van der Waals surface area contributed by atoms with Crippen LogP contribution < -0.4 is 5.73 Å². The summed E-state index contributed by atoms with van der Waals surface area (Å²) in [6.45, 7) is 8.74. The highest BCUT2D eigenvalue weighted by Gasteiger charge is 2.63. The number of hydrogen-bond donors (Lipinski definition) is 2. The Kier molecular flexibility index (Phi) is 3.54. The second-order valence-corrected chi connectivity index (χ2v) is 7.43. The summed E-state index contributed by atoms with van der Waals surface area (Å²) in [6, 6.07) is 0. The van der Waals surface area contributed by atoms with Crippen molar-refractivity contribution in [2.75, 3.05) is 6.54 Å². The second kappa shape index (κ2) is 4.62. The maximum atomic E-state index is 11.8. The minimum absolute atomic E-state index is 0.241. The highest BCUT2D eigenvalue weighted by Crippen LogP contribution is 2.64. The zero-order valence-corrected chi connectivity index (χ0v) is 12.5. The first-order valence-corrected chi connectivity index (χ1v) is 7.39. The van der Waals surface area contributed by atoms with Crippen LogP contribution >= 0.6 is 0 Å². The third-order valence-electron chi connectivity index (χ3n) is 5.40. The largest absolute Gasteiger partial charge is 0.481 e. The molecule has 0 amide bonds. The molecule has 0 heterocycles. The van der Waals surface area contributed by atoms with Crippen LogP contribution in [0.15, 0.2) is 12.2 Å². The predicted octanol–water partition coefficient (Wildman–Crippen LogP) is 2.91. The number of rotatable bonds is 4. The Bertz CT molecular complexity index is 396. The molecule has 0 bridgehead atoms. The lowest BCUT2D eigenvalue weighted by molar-refractivity contribution is -0.168. The van der Waals surface area contributed by atoms with Crippen molar-refractivity contribution >= 4 is 5.97 Å². The first kappa shape index (κ1) is 14.6. The lowest BCUT2D eigenvalue weighted by Gasteiger charge is -2.59. The average molecular weight is 265 g/mol. The molecule has 2 aliphatic rings. The number of nitrogens with two attached hydrogens (primary N) is 1. The molecule has 0 aromatic heterocycles. The van der Waals surface area contributed by atoms with Crippen molar-refractivity contribution in [3.05, 3.63) is 12.2 Å². The van der Waals surface area contributed by atoms with Crippen LogP contribution in [0.25, 0.3) is 0 Å². The van der Waals surface area contributed by atoms with Crippen LogP contribution in [0.1, 0.15) is 40.5 Å². The summed E-state index contributed by atoms with van der Waals surface area (Å²) in [7, 11) is 0. The van der Waals surface area contributed by atoms with Crippen LogP contribution in [0.3, 0.4) is 0 Å². The van der Waals surface area contributed by atoms with E-state index in [0.717, 1.165) is 12.8 Å². The van der Waals surface area contributed by atoms with Crippen LogP contribution in [0.4, 0.5) is 0 Å². The molecule has 1 fully saturated rings. The van der Waals surface area contributed by atoms with Gasteiger partial charge in [-0.25, -0.2) is 0 Å². The van der Waals surface area contributed by atoms with Gasteiger partial charge >= 0.3 is 5.97 Å². The van der Waals surface area contributed by atoms with Gasteiger partial charge in [0.05, 0.1) is 5.92 Å². The van der Waals surface area contributed by atoms with E-state index in [-0.39, 0.29) is 16.7 Å². The monoisotopic (exact) mass is 265 g/mol. The maximum absolute atomic E-state index is 11.8. The van der Waals surface area contributed by atoms with Gasteiger partial charge in [-0.1, -0.05) is 39.8 Å². The molecule has 19 heavy (non-hydrogen) atoms. The topological polar surface area (TPSA) is 63.3 Å². The Labute approximate surface area is 116 Å². The Morgan fingerprint density at radius 1 is 1.47 bits per heavy atom. The Balaban J connectivity index is 2.31. The first-order chi connectivity index (χ1) is 8.78. The van der Waals surface area contributed by atoms with Crippen LogP contribution in [-0.2, 0) is 4.79 Å². The van der Waals surface area contributed by atoms with E-state index in [1.54, 1.807) is 0 Å². The number of carboxylic acid groups (broad SMARTS) is 1. The van der Waals surface area contributed by atoms with E-state index in [1.807, 2.05) is 20.8 Å². The Morgan fingerprint density at radius 3 is 2.53 bits per heavy atom. The minimum Gasteiger partial charge on any atom is -0.481 e. The minimum atomic E-state index is -0.690. The van der Waals surface area contributed by atoms with E-state index >= 15 is 0 Å². The molecule has 1 saturated carbocycles. The number of aliphatic carboxylic acids is 1. The summed E-state index contributed by atoms with van der Waals surface area (Å²) in [5.41, 5.74) is 5.55. The number of fused-ring (bicyclic) bond motifs is 1. The fraction of sp³-hybridized carbons (Fsp3) is 0.812. The normalized spacial score (nSPS) is 38.7. The molecule has 2 rings (SSSR count). The summed E-state index contributed by atoms with van der Waals surface area (Å²) < 4.78 is 0. The van der Waals surface area contributed by atoms with E-state index in [4.69, 9.17) is 5.73 Å². The van der Waals surface area contributed by atoms with Crippen molar-refractivity contribution in [2.45, 2.75) is 40.5 Å². The lowest BCUT2D eigenvalue weighted by atomic mass is 9.45. The van der Waals surface area contributed by atoms with Gasteiger partial charge in [0.15, 0.2) is 0 Å². The van der Waals surface area contributed by atoms with Crippen molar-refractivity contribution in [1.82, 2.24) is 0 Å². The van der Waals surface area contributed by atoms with Crippen LogP contribution in [0.2, 0.25) is 0 Å². The van der Waals surface area contributed by atoms with Crippen molar-refractivity contribution in [1.29, 1.82) is 0 Å². The molecule has 0 spiro atoms. The van der Waals surface area contributed by atoms with Crippen LogP contribution in [0, 0.1) is 34.5 Å². The van der Waals surface area contributed by atoms with E-state index in [1.165, 1.54) is 0 Å². The van der Waals surface area contributed by atoms with Gasteiger partial charge in [0.1, 0.15) is 0 Å². The molecule has 5 atom stereocenters. The van der Waals surface area contributed by atoms with E-state index in [9.17, 15) is 9.90 Å². The summed E-state index contributed by atoms with van der Waals surface area (Å²) >= 11 is 0. The van der Waals surface area contributed by atoms with Gasteiger partial charge < -0.3 is 10.8 Å². The predicted molar refractivity (Wildman–Crippen MR) is 76.6 cm³/mol. The van der Waals surface area contributed by atoms with Gasteiger partial charge in [0, 0.05) is 5.41 Å². The van der Waals surface area contributed by atoms with E-state index in [2.05, 4.69) is 19.1 Å². The Morgan fingerprint density at radius 2 is 2.11 bits per heavy atom. The van der Waals surface area contributed by atoms with Gasteiger partial charge in [0.2, 0.25) is 0 Å². The molecule has 3 nitrogen and oxygen atoms in total. The highest BCUT2D eigenvalue weighted by molar-refractivity contribution is 5.72. The fourth-order valence-electron chi connectivity index (χ4n) is 4.69. The van der Waals surface area contributed by atoms with Crippen molar-refractivity contribution in [3.63, 3.8) is 0 Å². The second-order valence-electron chi connectivity index (χ2n) is 7.43. The van der Waals surface area contributed by atoms with Crippen LogP contribution in [0.5, 0.6) is 0 Å². The van der Waals surface area contributed by atoms with Crippen molar-refractivity contribution < 1.29 is 9.90 Å². The first-order valence-electron chi connectivity index (χ1n) is 7.39. The highest BCUT2D eigenvalue weighted by atomic mass is 16.4. The molecule has 3 N–H and O–H groups in total. The fourth-order valence-corrected chi connectivity index (χ4v) is 4.69. The SMILES string of the molecule is CCC1C=C[C@@H]2[C@H]1C[C@@]2(CN)C(C(=O)O)C(C)(C)C. The molecule has 0 aromatic carbocycles. The number of allylic oxidation sites excluding steroid dienone is 2. The molecule has 0 aliphatic heterocycles. The molecule has 0 saturated heterocycles. The number of carboxylic acids is 1. The van der Waals surface area contributed by atoms with Crippen LogP contribution in [-0.4, -0.2) is 17.6 Å². The molecule has 0 aromatic rings.